The van der Waals surface area contributed by atoms with Crippen LogP contribution >= 0.6 is 11.6 Å². The molecule has 5 heteroatoms. The lowest BCUT2D eigenvalue weighted by Crippen LogP contribution is -2.49. The lowest BCUT2D eigenvalue weighted by atomic mass is 10.2. The van der Waals surface area contributed by atoms with Crippen molar-refractivity contribution >= 4 is 17.5 Å². The number of likely N-dealkylation sites (N-methyl/N-ethyl adjacent to an activating group) is 1. The van der Waals surface area contributed by atoms with Crippen molar-refractivity contribution in [1.29, 1.82) is 0 Å². The number of carbonyl (C=O) groups is 1. The Morgan fingerprint density at radius 3 is 2.14 bits per heavy atom. The van der Waals surface area contributed by atoms with Crippen molar-refractivity contribution in [2.45, 2.75) is 20.4 Å². The summed E-state index contributed by atoms with van der Waals surface area (Å²) in [6, 6.07) is 8.04. The normalized spacial score (nSPS) is 16.7. The van der Waals surface area contributed by atoms with Crippen LogP contribution in [0.25, 0.3) is 0 Å². The summed E-state index contributed by atoms with van der Waals surface area (Å²) in [7, 11) is 0. The molecule has 0 N–H and O–H groups in total. The van der Waals surface area contributed by atoms with E-state index in [9.17, 15) is 4.79 Å². The standard InChI is InChI=1S/C17H26ClN3O/c1-3-21(4-2)17(22)14-20-11-9-19(10-12-20)13-15-5-7-16(18)8-6-15/h5-8H,3-4,9-14H2,1-2H3. The van der Waals surface area contributed by atoms with Gasteiger partial charge < -0.3 is 4.90 Å². The predicted molar refractivity (Wildman–Crippen MR) is 91.1 cm³/mol. The van der Waals surface area contributed by atoms with Gasteiger partial charge in [-0.05, 0) is 31.5 Å². The Morgan fingerprint density at radius 2 is 1.59 bits per heavy atom. The highest BCUT2D eigenvalue weighted by Gasteiger charge is 2.20. The van der Waals surface area contributed by atoms with Crippen LogP contribution in [0, 0.1) is 0 Å². The number of rotatable bonds is 6. The van der Waals surface area contributed by atoms with Crippen molar-refractivity contribution in [3.05, 3.63) is 34.9 Å². The van der Waals surface area contributed by atoms with Gasteiger partial charge >= 0.3 is 0 Å². The third kappa shape index (κ3) is 4.97. The molecule has 0 unspecified atom stereocenters. The van der Waals surface area contributed by atoms with Gasteiger partial charge in [0.15, 0.2) is 0 Å². The quantitative estimate of drug-likeness (QED) is 0.804. The topological polar surface area (TPSA) is 26.8 Å². The maximum atomic E-state index is 12.1. The Balaban J connectivity index is 1.75. The van der Waals surface area contributed by atoms with Gasteiger partial charge in [0.05, 0.1) is 6.54 Å². The third-order valence-corrected chi connectivity index (χ3v) is 4.51. The fourth-order valence-electron chi connectivity index (χ4n) is 2.82. The van der Waals surface area contributed by atoms with E-state index in [1.54, 1.807) is 0 Å². The molecule has 1 saturated heterocycles. The fourth-order valence-corrected chi connectivity index (χ4v) is 2.95. The van der Waals surface area contributed by atoms with Crippen LogP contribution in [0.5, 0.6) is 0 Å². The largest absolute Gasteiger partial charge is 0.342 e. The maximum absolute atomic E-state index is 12.1. The average Bonchev–Trinajstić information content (AvgIpc) is 2.53. The summed E-state index contributed by atoms with van der Waals surface area (Å²) < 4.78 is 0. The van der Waals surface area contributed by atoms with Gasteiger partial charge in [0.1, 0.15) is 0 Å². The first-order valence-electron chi connectivity index (χ1n) is 8.09. The Morgan fingerprint density at radius 1 is 1.05 bits per heavy atom. The second-order valence-corrected chi connectivity index (χ2v) is 6.18. The van der Waals surface area contributed by atoms with Crippen LogP contribution in [-0.4, -0.2) is 66.4 Å². The zero-order chi connectivity index (χ0) is 15.9. The van der Waals surface area contributed by atoms with Crippen LogP contribution < -0.4 is 0 Å². The predicted octanol–water partition coefficient (Wildman–Crippen LogP) is 2.33. The number of halogens is 1. The van der Waals surface area contributed by atoms with Crippen LogP contribution in [-0.2, 0) is 11.3 Å². The third-order valence-electron chi connectivity index (χ3n) is 4.26. The van der Waals surface area contributed by atoms with Crippen LogP contribution in [0.15, 0.2) is 24.3 Å². The van der Waals surface area contributed by atoms with Gasteiger partial charge in [-0.25, -0.2) is 0 Å². The van der Waals surface area contributed by atoms with E-state index >= 15 is 0 Å². The van der Waals surface area contributed by atoms with Crippen molar-refractivity contribution in [3.8, 4) is 0 Å². The molecule has 22 heavy (non-hydrogen) atoms. The molecule has 0 aliphatic carbocycles. The number of amides is 1. The first kappa shape index (κ1) is 17.3. The molecule has 1 aromatic rings. The molecule has 0 spiro atoms. The van der Waals surface area contributed by atoms with Crippen LogP contribution in [0.2, 0.25) is 5.02 Å². The van der Waals surface area contributed by atoms with Crippen LogP contribution in [0.4, 0.5) is 0 Å². The van der Waals surface area contributed by atoms with E-state index in [0.29, 0.717) is 6.54 Å². The van der Waals surface area contributed by atoms with Crippen molar-refractivity contribution in [2.75, 3.05) is 45.8 Å². The zero-order valence-electron chi connectivity index (χ0n) is 13.6. The molecule has 4 nitrogen and oxygen atoms in total. The molecule has 1 fully saturated rings. The van der Waals surface area contributed by atoms with E-state index in [-0.39, 0.29) is 5.91 Å². The summed E-state index contributed by atoms with van der Waals surface area (Å²) >= 11 is 5.92. The van der Waals surface area contributed by atoms with Gasteiger partial charge in [0.2, 0.25) is 5.91 Å². The van der Waals surface area contributed by atoms with Gasteiger partial charge in [0.25, 0.3) is 0 Å². The molecular weight excluding hydrogens is 298 g/mol. The highest BCUT2D eigenvalue weighted by molar-refractivity contribution is 6.30. The average molecular weight is 324 g/mol. The van der Waals surface area contributed by atoms with E-state index in [1.165, 1.54) is 5.56 Å². The molecule has 0 aromatic heterocycles. The summed E-state index contributed by atoms with van der Waals surface area (Å²) in [6.07, 6.45) is 0. The molecular formula is C17H26ClN3O. The molecule has 1 aromatic carbocycles. The van der Waals surface area contributed by atoms with Gasteiger partial charge in [-0.15, -0.1) is 0 Å². The molecule has 1 aliphatic heterocycles. The summed E-state index contributed by atoms with van der Waals surface area (Å²) in [5, 5.41) is 0.781. The first-order chi connectivity index (χ1) is 10.6. The number of benzene rings is 1. The zero-order valence-corrected chi connectivity index (χ0v) is 14.4. The van der Waals surface area contributed by atoms with Crippen LogP contribution in [0.3, 0.4) is 0 Å². The summed E-state index contributed by atoms with van der Waals surface area (Å²) in [5.41, 5.74) is 1.29. The van der Waals surface area contributed by atoms with Crippen molar-refractivity contribution in [1.82, 2.24) is 14.7 Å². The molecule has 2 rings (SSSR count). The summed E-state index contributed by atoms with van der Waals surface area (Å²) in [6.45, 7) is 11.1. The molecule has 1 aliphatic rings. The van der Waals surface area contributed by atoms with E-state index in [1.807, 2.05) is 30.9 Å². The maximum Gasteiger partial charge on any atom is 0.236 e. The molecule has 1 amide bonds. The summed E-state index contributed by atoms with van der Waals surface area (Å²) in [4.78, 5) is 18.7. The number of hydrogen-bond acceptors (Lipinski definition) is 3. The Bertz CT molecular complexity index is 465. The molecule has 0 bridgehead atoms. The van der Waals surface area contributed by atoms with E-state index in [2.05, 4.69) is 21.9 Å². The second kappa shape index (κ2) is 8.51. The summed E-state index contributed by atoms with van der Waals surface area (Å²) in [5.74, 6) is 0.246. The minimum absolute atomic E-state index is 0.246. The van der Waals surface area contributed by atoms with Crippen molar-refractivity contribution in [2.24, 2.45) is 0 Å². The highest BCUT2D eigenvalue weighted by Crippen LogP contribution is 2.13. The lowest BCUT2D eigenvalue weighted by Gasteiger charge is -2.35. The smallest absolute Gasteiger partial charge is 0.236 e. The van der Waals surface area contributed by atoms with Gasteiger partial charge in [-0.1, -0.05) is 23.7 Å². The molecule has 0 atom stereocenters. The van der Waals surface area contributed by atoms with Crippen molar-refractivity contribution < 1.29 is 4.79 Å². The SMILES string of the molecule is CCN(CC)C(=O)CN1CCN(Cc2ccc(Cl)cc2)CC1. The highest BCUT2D eigenvalue weighted by atomic mass is 35.5. The molecule has 0 radical (unpaired) electrons. The van der Waals surface area contributed by atoms with Gasteiger partial charge in [0, 0.05) is 50.8 Å². The molecule has 122 valence electrons. The van der Waals surface area contributed by atoms with E-state index < -0.39 is 0 Å². The Labute approximate surface area is 138 Å². The second-order valence-electron chi connectivity index (χ2n) is 5.74. The van der Waals surface area contributed by atoms with Gasteiger partial charge in [-0.3, -0.25) is 14.6 Å². The number of carbonyl (C=O) groups excluding carboxylic acids is 1. The van der Waals surface area contributed by atoms with E-state index in [0.717, 1.165) is 50.8 Å². The number of hydrogen-bond donors (Lipinski definition) is 0. The number of piperazine rings is 1. The monoisotopic (exact) mass is 323 g/mol. The molecule has 0 saturated carbocycles. The molecule has 1 heterocycles. The number of nitrogens with zero attached hydrogens (tertiary/aromatic N) is 3. The Kier molecular flexibility index (Phi) is 6.68. The lowest BCUT2D eigenvalue weighted by molar-refractivity contribution is -0.132. The Hall–Kier alpha value is -1.10. The van der Waals surface area contributed by atoms with Gasteiger partial charge in [-0.2, -0.15) is 0 Å². The first-order valence-corrected chi connectivity index (χ1v) is 8.47. The minimum Gasteiger partial charge on any atom is -0.342 e. The fraction of sp³-hybridized carbons (Fsp3) is 0.588. The minimum atomic E-state index is 0.246. The van der Waals surface area contributed by atoms with Crippen molar-refractivity contribution in [3.63, 3.8) is 0 Å². The van der Waals surface area contributed by atoms with E-state index in [4.69, 9.17) is 11.6 Å². The van der Waals surface area contributed by atoms with Crippen LogP contribution in [0.1, 0.15) is 19.4 Å².